The second-order valence-electron chi connectivity index (χ2n) is 8.80. The molecule has 242 valence electrons. The number of aromatic nitrogens is 1. The van der Waals surface area contributed by atoms with Crippen LogP contribution in [0.5, 0.6) is 0 Å². The van der Waals surface area contributed by atoms with Gasteiger partial charge in [0.05, 0.1) is 11.7 Å². The molecule has 0 unspecified atom stereocenters. The van der Waals surface area contributed by atoms with Crippen LogP contribution in [0.4, 0.5) is 74.6 Å². The minimum atomic E-state index is -8.76. The second-order valence-corrected chi connectivity index (χ2v) is 8.80. The van der Waals surface area contributed by atoms with Crippen LogP contribution in [-0.2, 0) is 6.42 Å². The number of rotatable bonds is 12. The van der Waals surface area contributed by atoms with Crippen LogP contribution in [0.15, 0.2) is 59.7 Å². The van der Waals surface area contributed by atoms with Crippen LogP contribution in [0.25, 0.3) is 0 Å². The third kappa shape index (κ3) is 5.85. The van der Waals surface area contributed by atoms with Gasteiger partial charge in [0.2, 0.25) is 0 Å². The van der Waals surface area contributed by atoms with Gasteiger partial charge in [0.15, 0.2) is 0 Å². The van der Waals surface area contributed by atoms with Crippen LogP contribution in [-0.4, -0.2) is 76.1 Å². The average Bonchev–Trinajstić information content (AvgIpc) is 2.90. The van der Waals surface area contributed by atoms with Gasteiger partial charge in [-0.25, -0.2) is 0 Å². The van der Waals surface area contributed by atoms with Gasteiger partial charge in [-0.2, -0.15) is 74.6 Å². The smallest absolute Gasteiger partial charge is 0.384 e. The predicted molar refractivity (Wildman–Crippen MR) is 112 cm³/mol. The molecule has 20 heteroatoms. The standard InChI is InChI=1S/C23H15F17N2O/c24-16(25,15(43)14(10-12-6-2-1-3-7-12)42-11-13-8-4-5-9-41-13)17(26,27)18(28,29)19(30,31)20(32,33)21(34,35)22(36,37)23(38,39)40/h1-9,11,14-15,43H,10H2/t14-,15-/m0/s1. The van der Waals surface area contributed by atoms with Gasteiger partial charge in [-0.05, 0) is 24.1 Å². The summed E-state index contributed by atoms with van der Waals surface area (Å²) in [6.07, 6.45) is -11.7. The topological polar surface area (TPSA) is 45.5 Å². The summed E-state index contributed by atoms with van der Waals surface area (Å²) in [6.45, 7) is 0. The number of aliphatic hydroxyl groups is 1. The van der Waals surface area contributed by atoms with Gasteiger partial charge in [-0.3, -0.25) is 9.98 Å². The molecule has 2 rings (SSSR count). The Hall–Kier alpha value is -3.19. The van der Waals surface area contributed by atoms with Crippen molar-refractivity contribution < 1.29 is 79.7 Å². The zero-order chi connectivity index (χ0) is 33.5. The van der Waals surface area contributed by atoms with Crippen molar-refractivity contribution in [1.29, 1.82) is 0 Å². The summed E-state index contributed by atoms with van der Waals surface area (Å²) in [6, 6.07) is 6.87. The minimum absolute atomic E-state index is 0.151. The number of aliphatic hydroxyl groups excluding tert-OH is 1. The molecule has 0 saturated heterocycles. The van der Waals surface area contributed by atoms with Crippen LogP contribution in [0.3, 0.4) is 0 Å². The fourth-order valence-electron chi connectivity index (χ4n) is 3.33. The van der Waals surface area contributed by atoms with Gasteiger partial charge in [0.1, 0.15) is 6.10 Å². The van der Waals surface area contributed by atoms with E-state index in [-0.39, 0.29) is 11.3 Å². The number of nitrogens with zero attached hydrogens (tertiary/aromatic N) is 2. The molecule has 0 saturated carbocycles. The molecule has 1 aromatic carbocycles. The Labute approximate surface area is 229 Å². The van der Waals surface area contributed by atoms with E-state index in [1.807, 2.05) is 0 Å². The van der Waals surface area contributed by atoms with Crippen molar-refractivity contribution >= 4 is 6.21 Å². The molecular weight excluding hydrogens is 643 g/mol. The molecule has 0 fully saturated rings. The van der Waals surface area contributed by atoms with E-state index in [9.17, 15) is 79.7 Å². The summed E-state index contributed by atoms with van der Waals surface area (Å²) >= 11 is 0. The van der Waals surface area contributed by atoms with Crippen LogP contribution in [0, 0.1) is 0 Å². The van der Waals surface area contributed by atoms with Crippen molar-refractivity contribution in [2.45, 2.75) is 66.2 Å². The van der Waals surface area contributed by atoms with E-state index < -0.39 is 66.2 Å². The first-order valence-corrected chi connectivity index (χ1v) is 11.1. The Bertz CT molecular complexity index is 1250. The second kappa shape index (κ2) is 11.4. The number of hydrogen-bond donors (Lipinski definition) is 1. The SMILES string of the molecule is O[C@@H]([C@H](Cc1ccccc1)N=Cc1ccccn1)C(F)(F)C(F)(F)C(F)(F)C(F)(F)C(F)(F)C(F)(F)C(F)(F)C(F)(F)F. The lowest BCUT2D eigenvalue weighted by molar-refractivity contribution is -0.464. The summed E-state index contributed by atoms with van der Waals surface area (Å²) in [5.41, 5.74) is -0.395. The number of halogens is 17. The van der Waals surface area contributed by atoms with Crippen molar-refractivity contribution in [2.75, 3.05) is 0 Å². The van der Waals surface area contributed by atoms with E-state index in [0.29, 0.717) is 6.21 Å². The van der Waals surface area contributed by atoms with Gasteiger partial charge in [-0.1, -0.05) is 36.4 Å². The summed E-state index contributed by atoms with van der Waals surface area (Å²) in [5.74, 6) is -57.9. The first-order valence-electron chi connectivity index (χ1n) is 11.1. The fourth-order valence-corrected chi connectivity index (χ4v) is 3.33. The van der Waals surface area contributed by atoms with E-state index in [0.717, 1.165) is 24.4 Å². The maximum atomic E-state index is 14.7. The highest BCUT2D eigenvalue weighted by Gasteiger charge is 2.95. The van der Waals surface area contributed by atoms with Crippen molar-refractivity contribution in [1.82, 2.24) is 4.98 Å². The monoisotopic (exact) mass is 658 g/mol. The first-order chi connectivity index (χ1) is 19.2. The maximum Gasteiger partial charge on any atom is 0.460 e. The highest BCUT2D eigenvalue weighted by molar-refractivity contribution is 5.76. The minimum Gasteiger partial charge on any atom is -0.384 e. The van der Waals surface area contributed by atoms with Gasteiger partial charge in [0.25, 0.3) is 0 Å². The zero-order valence-electron chi connectivity index (χ0n) is 20.4. The molecule has 0 aliphatic carbocycles. The Balaban J connectivity index is 2.62. The molecule has 0 aliphatic rings. The fraction of sp³-hybridized carbons (Fsp3) is 0.478. The van der Waals surface area contributed by atoms with Crippen LogP contribution >= 0.6 is 0 Å². The summed E-state index contributed by atoms with van der Waals surface area (Å²) in [5, 5.41) is 9.99. The number of benzene rings is 1. The molecule has 2 aromatic rings. The summed E-state index contributed by atoms with van der Waals surface area (Å²) < 4.78 is 232. The lowest BCUT2D eigenvalue weighted by Crippen LogP contribution is -2.75. The Morgan fingerprint density at radius 1 is 0.605 bits per heavy atom. The first kappa shape index (κ1) is 36.0. The van der Waals surface area contributed by atoms with E-state index in [1.165, 1.54) is 30.3 Å². The van der Waals surface area contributed by atoms with Crippen LogP contribution in [0.2, 0.25) is 0 Å². The van der Waals surface area contributed by atoms with Gasteiger partial charge in [-0.15, -0.1) is 0 Å². The Morgan fingerprint density at radius 3 is 1.49 bits per heavy atom. The Morgan fingerprint density at radius 2 is 1.05 bits per heavy atom. The van der Waals surface area contributed by atoms with E-state index >= 15 is 0 Å². The third-order valence-corrected chi connectivity index (χ3v) is 5.86. The lowest BCUT2D eigenvalue weighted by Gasteiger charge is -2.43. The molecule has 2 atom stereocenters. The van der Waals surface area contributed by atoms with E-state index in [2.05, 4.69) is 9.98 Å². The van der Waals surface area contributed by atoms with Gasteiger partial charge >= 0.3 is 47.6 Å². The molecule has 43 heavy (non-hydrogen) atoms. The molecular formula is C23H15F17N2O. The van der Waals surface area contributed by atoms with Crippen LogP contribution in [0.1, 0.15) is 11.3 Å². The van der Waals surface area contributed by atoms with Crippen molar-refractivity contribution in [3.63, 3.8) is 0 Å². The van der Waals surface area contributed by atoms with Crippen molar-refractivity contribution in [2.24, 2.45) is 4.99 Å². The molecule has 1 N–H and O–H groups in total. The predicted octanol–water partition coefficient (Wildman–Crippen LogP) is 7.48. The zero-order valence-corrected chi connectivity index (χ0v) is 20.4. The highest BCUT2D eigenvalue weighted by atomic mass is 19.4. The highest BCUT2D eigenvalue weighted by Crippen LogP contribution is 2.64. The molecule has 0 aliphatic heterocycles. The number of alkyl halides is 17. The lowest BCUT2D eigenvalue weighted by atomic mass is 9.85. The van der Waals surface area contributed by atoms with Crippen molar-refractivity contribution in [3.8, 4) is 0 Å². The third-order valence-electron chi connectivity index (χ3n) is 5.86. The largest absolute Gasteiger partial charge is 0.460 e. The molecule has 0 bridgehead atoms. The molecule has 1 heterocycles. The van der Waals surface area contributed by atoms with E-state index in [4.69, 9.17) is 0 Å². The molecule has 3 nitrogen and oxygen atoms in total. The molecule has 0 spiro atoms. The normalized spacial score (nSPS) is 16.4. The summed E-state index contributed by atoms with van der Waals surface area (Å²) in [7, 11) is 0. The molecule has 0 radical (unpaired) electrons. The number of pyridine rings is 1. The van der Waals surface area contributed by atoms with Crippen molar-refractivity contribution in [3.05, 3.63) is 66.0 Å². The summed E-state index contributed by atoms with van der Waals surface area (Å²) in [4.78, 5) is 6.89. The molecule has 0 amide bonds. The van der Waals surface area contributed by atoms with Crippen LogP contribution < -0.4 is 0 Å². The molecule has 1 aromatic heterocycles. The van der Waals surface area contributed by atoms with E-state index in [1.54, 1.807) is 0 Å². The number of aliphatic imine (C=N–C) groups is 1. The Kier molecular flexibility index (Phi) is 9.53. The number of hydrogen-bond acceptors (Lipinski definition) is 3. The van der Waals surface area contributed by atoms with Gasteiger partial charge < -0.3 is 5.11 Å². The maximum absolute atomic E-state index is 14.7. The van der Waals surface area contributed by atoms with Gasteiger partial charge in [0, 0.05) is 12.4 Å². The average molecular weight is 658 g/mol. The quantitative estimate of drug-likeness (QED) is 0.190.